The van der Waals surface area contributed by atoms with E-state index >= 15 is 0 Å². The minimum absolute atomic E-state index is 0.0445. The van der Waals surface area contributed by atoms with E-state index in [1.807, 2.05) is 6.92 Å². The van der Waals surface area contributed by atoms with Gasteiger partial charge in [0.2, 0.25) is 5.13 Å². The van der Waals surface area contributed by atoms with Gasteiger partial charge in [-0.15, -0.1) is 10.2 Å². The van der Waals surface area contributed by atoms with Crippen LogP contribution in [0.25, 0.3) is 0 Å². The molecule has 0 spiro atoms. The molecule has 0 saturated heterocycles. The van der Waals surface area contributed by atoms with Crippen LogP contribution < -0.4 is 5.32 Å². The number of aromatic nitrogens is 2. The molecule has 22 heavy (non-hydrogen) atoms. The maximum atomic E-state index is 12.9. The van der Waals surface area contributed by atoms with E-state index in [0.29, 0.717) is 11.5 Å². The van der Waals surface area contributed by atoms with Crippen molar-refractivity contribution in [2.75, 3.05) is 11.9 Å². The molecule has 0 aliphatic rings. The summed E-state index contributed by atoms with van der Waals surface area (Å²) in [5.41, 5.74) is 0.504. The number of anilines is 1. The van der Waals surface area contributed by atoms with Gasteiger partial charge in [-0.2, -0.15) is 0 Å². The van der Waals surface area contributed by atoms with Crippen molar-refractivity contribution in [3.63, 3.8) is 0 Å². The number of thioether (sulfide) groups is 1. The van der Waals surface area contributed by atoms with Crippen molar-refractivity contribution >= 4 is 34.0 Å². The number of carbonyl (C=O) groups is 1. The molecule has 0 fully saturated rings. The summed E-state index contributed by atoms with van der Waals surface area (Å²) < 4.78 is 13.6. The number of carbonyl (C=O) groups excluding carboxylic acids is 1. The highest BCUT2D eigenvalue weighted by Gasteiger charge is 2.18. The number of rotatable bonds is 7. The summed E-state index contributed by atoms with van der Waals surface area (Å²) in [6, 6.07) is 5.60. The molecule has 1 aromatic carbocycles. The summed E-state index contributed by atoms with van der Waals surface area (Å²) in [7, 11) is 0. The molecule has 0 amide bonds. The molecule has 7 heteroatoms. The van der Waals surface area contributed by atoms with Gasteiger partial charge in [-0.25, -0.2) is 4.39 Å². The summed E-state index contributed by atoms with van der Waals surface area (Å²) >= 11 is 2.80. The fraction of sp³-hybridized carbons (Fsp3) is 0.400. The van der Waals surface area contributed by atoms with Crippen LogP contribution in [0.1, 0.15) is 31.1 Å². The van der Waals surface area contributed by atoms with E-state index in [9.17, 15) is 9.18 Å². The molecule has 0 unspecified atom stereocenters. The van der Waals surface area contributed by atoms with Crippen LogP contribution in [0, 0.1) is 11.7 Å². The maximum absolute atomic E-state index is 12.9. The lowest BCUT2D eigenvalue weighted by Crippen LogP contribution is -2.13. The summed E-state index contributed by atoms with van der Waals surface area (Å²) in [5.74, 6) is 0.137. The van der Waals surface area contributed by atoms with Crippen LogP contribution in [0.4, 0.5) is 9.52 Å². The molecule has 1 atom stereocenters. The van der Waals surface area contributed by atoms with Crippen LogP contribution in [0.15, 0.2) is 28.6 Å². The monoisotopic (exact) mass is 339 g/mol. The van der Waals surface area contributed by atoms with Crippen molar-refractivity contribution in [1.82, 2.24) is 10.2 Å². The summed E-state index contributed by atoms with van der Waals surface area (Å²) in [4.78, 5) is 12.3. The molecule has 1 heterocycles. The Morgan fingerprint density at radius 2 is 1.95 bits per heavy atom. The third kappa shape index (κ3) is 4.78. The second-order valence-electron chi connectivity index (χ2n) is 5.28. The number of nitrogens with zero attached hydrogens (tertiary/aromatic N) is 2. The highest BCUT2D eigenvalue weighted by atomic mass is 32.2. The molecule has 0 aliphatic heterocycles. The Balaban J connectivity index is 1.95. The van der Waals surface area contributed by atoms with Gasteiger partial charge in [-0.05, 0) is 37.1 Å². The quantitative estimate of drug-likeness (QED) is 0.608. The second-order valence-corrected chi connectivity index (χ2v) is 7.84. The fourth-order valence-corrected chi connectivity index (χ4v) is 3.65. The molecule has 0 saturated carbocycles. The van der Waals surface area contributed by atoms with Gasteiger partial charge in [0.15, 0.2) is 10.1 Å². The van der Waals surface area contributed by atoms with Crippen molar-refractivity contribution in [3.05, 3.63) is 35.6 Å². The molecule has 4 nitrogen and oxygen atoms in total. The van der Waals surface area contributed by atoms with E-state index in [4.69, 9.17) is 0 Å². The van der Waals surface area contributed by atoms with Gasteiger partial charge in [0.25, 0.3) is 0 Å². The van der Waals surface area contributed by atoms with Crippen molar-refractivity contribution in [2.45, 2.75) is 30.4 Å². The zero-order chi connectivity index (χ0) is 16.1. The third-order valence-corrected chi connectivity index (χ3v) is 4.91. The fourth-order valence-electron chi connectivity index (χ4n) is 1.67. The zero-order valence-electron chi connectivity index (χ0n) is 12.7. The lowest BCUT2D eigenvalue weighted by Gasteiger charge is -2.07. The first-order chi connectivity index (χ1) is 10.5. The van der Waals surface area contributed by atoms with Crippen molar-refractivity contribution in [1.29, 1.82) is 0 Å². The van der Waals surface area contributed by atoms with Gasteiger partial charge in [0.1, 0.15) is 5.82 Å². The highest BCUT2D eigenvalue weighted by Crippen LogP contribution is 2.30. The second kappa shape index (κ2) is 7.69. The standard InChI is InChI=1S/C15H18FN3OS2/c1-9(2)8-17-14-18-19-15(22-14)21-10(3)13(20)11-4-6-12(16)7-5-11/h4-7,9-10H,8H2,1-3H3,(H,17,18)/t10-/m1/s1. The van der Waals surface area contributed by atoms with Gasteiger partial charge in [0.05, 0.1) is 5.25 Å². The third-order valence-electron chi connectivity index (χ3n) is 2.84. The van der Waals surface area contributed by atoms with E-state index < -0.39 is 0 Å². The molecule has 0 bridgehead atoms. The van der Waals surface area contributed by atoms with E-state index in [2.05, 4.69) is 29.4 Å². The topological polar surface area (TPSA) is 54.9 Å². The van der Waals surface area contributed by atoms with E-state index in [-0.39, 0.29) is 16.9 Å². The lowest BCUT2D eigenvalue weighted by molar-refractivity contribution is 0.0994. The Bertz CT molecular complexity index is 628. The molecule has 1 N–H and O–H groups in total. The molecule has 1 aromatic heterocycles. The van der Waals surface area contributed by atoms with Crippen LogP contribution in [0.5, 0.6) is 0 Å². The first-order valence-corrected chi connectivity index (χ1v) is 8.69. The molecule has 118 valence electrons. The van der Waals surface area contributed by atoms with Gasteiger partial charge in [-0.3, -0.25) is 4.79 Å². The lowest BCUT2D eigenvalue weighted by atomic mass is 10.1. The van der Waals surface area contributed by atoms with Gasteiger partial charge in [0, 0.05) is 12.1 Å². The normalized spacial score (nSPS) is 12.4. The number of hydrogen-bond donors (Lipinski definition) is 1. The number of benzene rings is 1. The maximum Gasteiger partial charge on any atom is 0.206 e. The first kappa shape index (κ1) is 16.9. The molecular weight excluding hydrogens is 321 g/mol. The molecule has 0 aliphatic carbocycles. The number of Topliss-reactive ketones (excluding diaryl/α,β-unsaturated/α-hetero) is 1. The first-order valence-electron chi connectivity index (χ1n) is 6.99. The van der Waals surface area contributed by atoms with E-state index in [0.717, 1.165) is 16.0 Å². The van der Waals surface area contributed by atoms with Crippen LogP contribution >= 0.6 is 23.1 Å². The van der Waals surface area contributed by atoms with Crippen LogP contribution in [0.3, 0.4) is 0 Å². The molecular formula is C15H18FN3OS2. The summed E-state index contributed by atoms with van der Waals surface area (Å²) in [6.07, 6.45) is 0. The average Bonchev–Trinajstić information content (AvgIpc) is 2.92. The minimum atomic E-state index is -0.346. The van der Waals surface area contributed by atoms with Gasteiger partial charge in [-0.1, -0.05) is 36.9 Å². The van der Waals surface area contributed by atoms with Crippen molar-refractivity contribution in [3.8, 4) is 0 Å². The Hall–Kier alpha value is -1.47. The van der Waals surface area contributed by atoms with E-state index in [1.54, 1.807) is 0 Å². The number of halogens is 1. The largest absolute Gasteiger partial charge is 0.360 e. The number of nitrogens with one attached hydrogen (secondary N) is 1. The smallest absolute Gasteiger partial charge is 0.206 e. The summed E-state index contributed by atoms with van der Waals surface area (Å²) in [5, 5.41) is 11.8. The Morgan fingerprint density at radius 1 is 1.27 bits per heavy atom. The van der Waals surface area contributed by atoms with Crippen LogP contribution in [-0.2, 0) is 0 Å². The number of ketones is 1. The Kier molecular flexibility index (Phi) is 5.90. The summed E-state index contributed by atoms with van der Waals surface area (Å²) in [6.45, 7) is 6.89. The van der Waals surface area contributed by atoms with Crippen molar-refractivity contribution < 1.29 is 9.18 Å². The van der Waals surface area contributed by atoms with Crippen LogP contribution in [0.2, 0.25) is 0 Å². The van der Waals surface area contributed by atoms with Gasteiger partial charge >= 0.3 is 0 Å². The SMILES string of the molecule is CC(C)CNc1nnc(S[C@H](C)C(=O)c2ccc(F)cc2)s1. The predicted octanol–water partition coefficient (Wildman–Crippen LogP) is 4.11. The van der Waals surface area contributed by atoms with Gasteiger partial charge < -0.3 is 5.32 Å². The number of hydrogen-bond acceptors (Lipinski definition) is 6. The Morgan fingerprint density at radius 3 is 2.59 bits per heavy atom. The van der Waals surface area contributed by atoms with Crippen molar-refractivity contribution in [2.24, 2.45) is 5.92 Å². The van der Waals surface area contributed by atoms with Crippen LogP contribution in [-0.4, -0.2) is 27.8 Å². The Labute approximate surface area is 137 Å². The highest BCUT2D eigenvalue weighted by molar-refractivity contribution is 8.02. The minimum Gasteiger partial charge on any atom is -0.360 e. The molecule has 0 radical (unpaired) electrons. The average molecular weight is 339 g/mol. The zero-order valence-corrected chi connectivity index (χ0v) is 14.3. The predicted molar refractivity (Wildman–Crippen MR) is 89.3 cm³/mol. The van der Waals surface area contributed by atoms with E-state index in [1.165, 1.54) is 47.4 Å². The molecule has 2 rings (SSSR count). The molecule has 2 aromatic rings.